The average Bonchev–Trinajstić information content (AvgIpc) is 3.35. The molecule has 1 aliphatic carbocycles. The molecule has 1 atom stereocenters. The summed E-state index contributed by atoms with van der Waals surface area (Å²) in [5.74, 6) is 0.746. The number of ether oxygens (including phenoxy) is 1. The van der Waals surface area contributed by atoms with Crippen molar-refractivity contribution in [3.63, 3.8) is 0 Å². The Morgan fingerprint density at radius 3 is 2.93 bits per heavy atom. The zero-order valence-electron chi connectivity index (χ0n) is 15.7. The molecule has 2 fully saturated rings. The molecular formula is C19H23N5O3S. The Kier molecular flexibility index (Phi) is 5.17. The van der Waals surface area contributed by atoms with Gasteiger partial charge in [0.1, 0.15) is 5.75 Å². The van der Waals surface area contributed by atoms with Crippen molar-refractivity contribution in [1.29, 1.82) is 0 Å². The number of hydrogen-bond donors (Lipinski definition) is 2. The molecule has 1 aliphatic heterocycles. The van der Waals surface area contributed by atoms with Crippen LogP contribution in [0.25, 0.3) is 0 Å². The van der Waals surface area contributed by atoms with E-state index < -0.39 is 5.92 Å². The summed E-state index contributed by atoms with van der Waals surface area (Å²) in [5.41, 5.74) is 0.708. The Labute approximate surface area is 167 Å². The number of para-hydroxylation sites is 2. The minimum atomic E-state index is -0.404. The van der Waals surface area contributed by atoms with E-state index in [-0.39, 0.29) is 18.2 Å². The molecule has 1 saturated carbocycles. The molecule has 2 amide bonds. The van der Waals surface area contributed by atoms with Gasteiger partial charge in [-0.15, -0.1) is 0 Å². The fourth-order valence-corrected chi connectivity index (χ4v) is 3.86. The first-order chi connectivity index (χ1) is 13.6. The second kappa shape index (κ2) is 7.75. The second-order valence-electron chi connectivity index (χ2n) is 7.07. The molecule has 2 aromatic rings. The van der Waals surface area contributed by atoms with Gasteiger partial charge in [-0.2, -0.15) is 5.10 Å². The number of aromatic amines is 1. The van der Waals surface area contributed by atoms with E-state index in [1.54, 1.807) is 4.90 Å². The molecule has 28 heavy (non-hydrogen) atoms. The van der Waals surface area contributed by atoms with Crippen molar-refractivity contribution in [2.24, 2.45) is 5.92 Å². The molecule has 2 N–H and O–H groups in total. The Bertz CT molecular complexity index is 949. The smallest absolute Gasteiger partial charge is 0.227 e. The number of nitrogens with one attached hydrogen (secondary N) is 2. The highest BCUT2D eigenvalue weighted by Crippen LogP contribution is 2.36. The summed E-state index contributed by atoms with van der Waals surface area (Å²) in [6.45, 7) is 3.04. The number of carbonyl (C=O) groups excluding carboxylic acids is 2. The maximum absolute atomic E-state index is 12.7. The lowest BCUT2D eigenvalue weighted by molar-refractivity contribution is -0.126. The van der Waals surface area contributed by atoms with E-state index in [0.717, 1.165) is 18.7 Å². The van der Waals surface area contributed by atoms with Gasteiger partial charge in [-0.05, 0) is 44.1 Å². The average molecular weight is 401 g/mol. The number of hydrogen-bond acceptors (Lipinski definition) is 5. The van der Waals surface area contributed by atoms with Gasteiger partial charge in [0.05, 0.1) is 24.8 Å². The van der Waals surface area contributed by atoms with E-state index in [2.05, 4.69) is 15.5 Å². The number of rotatable bonds is 7. The highest BCUT2D eigenvalue weighted by molar-refractivity contribution is 7.71. The molecule has 1 unspecified atom stereocenters. The normalized spacial score (nSPS) is 19.1. The SMILES string of the molecule is CCOc1ccccc1N1CC(C(=O)NCc2n[nH]c(=S)n2C2CC2)CC1=O. The monoisotopic (exact) mass is 401 g/mol. The maximum atomic E-state index is 12.7. The minimum absolute atomic E-state index is 0.0760. The molecule has 0 spiro atoms. The van der Waals surface area contributed by atoms with Crippen molar-refractivity contribution in [1.82, 2.24) is 20.1 Å². The lowest BCUT2D eigenvalue weighted by Gasteiger charge is -2.20. The third kappa shape index (κ3) is 3.66. The molecule has 148 valence electrons. The van der Waals surface area contributed by atoms with E-state index in [4.69, 9.17) is 17.0 Å². The number of benzene rings is 1. The maximum Gasteiger partial charge on any atom is 0.227 e. The number of H-pyrrole nitrogens is 1. The zero-order chi connectivity index (χ0) is 19.7. The summed E-state index contributed by atoms with van der Waals surface area (Å²) in [7, 11) is 0. The number of nitrogens with zero attached hydrogens (tertiary/aromatic N) is 3. The lowest BCUT2D eigenvalue weighted by Crippen LogP contribution is -2.33. The van der Waals surface area contributed by atoms with Crippen LogP contribution in [0, 0.1) is 10.7 Å². The largest absolute Gasteiger partial charge is 0.492 e. The molecule has 2 heterocycles. The van der Waals surface area contributed by atoms with Gasteiger partial charge in [0.15, 0.2) is 10.6 Å². The number of anilines is 1. The molecule has 2 aliphatic rings. The van der Waals surface area contributed by atoms with Crippen molar-refractivity contribution >= 4 is 29.7 Å². The predicted molar refractivity (Wildman–Crippen MR) is 106 cm³/mol. The molecule has 4 rings (SSSR count). The first-order valence-corrected chi connectivity index (χ1v) is 9.95. The Morgan fingerprint density at radius 1 is 1.39 bits per heavy atom. The Balaban J connectivity index is 1.41. The molecule has 1 aromatic heterocycles. The summed E-state index contributed by atoms with van der Waals surface area (Å²) >= 11 is 5.26. The van der Waals surface area contributed by atoms with Crippen LogP contribution in [0.15, 0.2) is 24.3 Å². The zero-order valence-corrected chi connectivity index (χ0v) is 16.5. The van der Waals surface area contributed by atoms with Gasteiger partial charge in [-0.25, -0.2) is 0 Å². The number of aromatic nitrogens is 3. The van der Waals surface area contributed by atoms with Crippen molar-refractivity contribution in [2.45, 2.75) is 38.8 Å². The number of amides is 2. The van der Waals surface area contributed by atoms with Crippen LogP contribution in [0.5, 0.6) is 5.75 Å². The first-order valence-electron chi connectivity index (χ1n) is 9.54. The molecule has 0 radical (unpaired) electrons. The van der Waals surface area contributed by atoms with E-state index in [1.807, 2.05) is 35.8 Å². The van der Waals surface area contributed by atoms with E-state index in [0.29, 0.717) is 41.9 Å². The topological polar surface area (TPSA) is 92.2 Å². The first kappa shape index (κ1) is 18.7. The third-order valence-corrected chi connectivity index (χ3v) is 5.35. The standard InChI is InChI=1S/C19H23N5O3S/c1-2-27-15-6-4-3-5-14(15)23-11-12(9-17(23)25)18(26)20-10-16-21-22-19(28)24(16)13-7-8-13/h3-6,12-13H,2,7-11H2,1H3,(H,20,26)(H,22,28). The molecule has 8 nitrogen and oxygen atoms in total. The van der Waals surface area contributed by atoms with Crippen LogP contribution in [0.4, 0.5) is 5.69 Å². The van der Waals surface area contributed by atoms with E-state index in [9.17, 15) is 9.59 Å². The second-order valence-corrected chi connectivity index (χ2v) is 7.46. The molecule has 0 bridgehead atoms. The van der Waals surface area contributed by atoms with Gasteiger partial charge in [-0.3, -0.25) is 19.3 Å². The quantitative estimate of drug-likeness (QED) is 0.695. The summed E-state index contributed by atoms with van der Waals surface area (Å²) in [6.07, 6.45) is 2.35. The van der Waals surface area contributed by atoms with Gasteiger partial charge in [0, 0.05) is 19.0 Å². The highest BCUT2D eigenvalue weighted by Gasteiger charge is 2.36. The van der Waals surface area contributed by atoms with Crippen LogP contribution < -0.4 is 15.0 Å². The number of carbonyl (C=O) groups is 2. The predicted octanol–water partition coefficient (Wildman–Crippen LogP) is 2.34. The van der Waals surface area contributed by atoms with Crippen LogP contribution >= 0.6 is 12.2 Å². The molecule has 1 aromatic carbocycles. The molecular weight excluding hydrogens is 378 g/mol. The fraction of sp³-hybridized carbons (Fsp3) is 0.474. The van der Waals surface area contributed by atoms with Crippen LogP contribution in [0.1, 0.15) is 38.1 Å². The van der Waals surface area contributed by atoms with Gasteiger partial charge < -0.3 is 15.0 Å². The van der Waals surface area contributed by atoms with Crippen LogP contribution in [0.3, 0.4) is 0 Å². The summed E-state index contributed by atoms with van der Waals surface area (Å²) in [6, 6.07) is 7.79. The molecule has 9 heteroatoms. The van der Waals surface area contributed by atoms with Crippen molar-refractivity contribution in [2.75, 3.05) is 18.1 Å². The van der Waals surface area contributed by atoms with Crippen molar-refractivity contribution in [3.05, 3.63) is 34.9 Å². The summed E-state index contributed by atoms with van der Waals surface area (Å²) in [5, 5.41) is 9.93. The van der Waals surface area contributed by atoms with Crippen LogP contribution in [-0.2, 0) is 16.1 Å². The van der Waals surface area contributed by atoms with Crippen LogP contribution in [0.2, 0.25) is 0 Å². The van der Waals surface area contributed by atoms with Crippen LogP contribution in [-0.4, -0.2) is 39.7 Å². The summed E-state index contributed by atoms with van der Waals surface area (Å²) in [4.78, 5) is 26.8. The van der Waals surface area contributed by atoms with Gasteiger partial charge >= 0.3 is 0 Å². The van der Waals surface area contributed by atoms with Gasteiger partial charge in [0.2, 0.25) is 11.8 Å². The minimum Gasteiger partial charge on any atom is -0.492 e. The fourth-order valence-electron chi connectivity index (χ4n) is 3.56. The van der Waals surface area contributed by atoms with E-state index in [1.165, 1.54) is 0 Å². The Morgan fingerprint density at radius 2 is 2.18 bits per heavy atom. The van der Waals surface area contributed by atoms with E-state index >= 15 is 0 Å². The summed E-state index contributed by atoms with van der Waals surface area (Å²) < 4.78 is 8.18. The van der Waals surface area contributed by atoms with Crippen molar-refractivity contribution < 1.29 is 14.3 Å². The Hall–Kier alpha value is -2.68. The van der Waals surface area contributed by atoms with Gasteiger partial charge in [-0.1, -0.05) is 12.1 Å². The highest BCUT2D eigenvalue weighted by atomic mass is 32.1. The van der Waals surface area contributed by atoms with Gasteiger partial charge in [0.25, 0.3) is 0 Å². The van der Waals surface area contributed by atoms with Crippen molar-refractivity contribution in [3.8, 4) is 5.75 Å². The molecule has 1 saturated heterocycles. The third-order valence-electron chi connectivity index (χ3n) is 5.06. The lowest BCUT2D eigenvalue weighted by atomic mass is 10.1.